The fraction of sp³-hybridized carbons (Fsp3) is 0.400. The highest BCUT2D eigenvalue weighted by Crippen LogP contribution is 2.31. The molecular formula is C20H20F4N6O3. The van der Waals surface area contributed by atoms with Crippen LogP contribution in [0.2, 0.25) is 0 Å². The summed E-state index contributed by atoms with van der Waals surface area (Å²) in [4.78, 5) is 20.8. The molecule has 0 aromatic carbocycles. The maximum Gasteiger partial charge on any atom is 0.408 e. The predicted molar refractivity (Wildman–Crippen MR) is 109 cm³/mol. The highest BCUT2D eigenvalue weighted by molar-refractivity contribution is 5.99. The van der Waals surface area contributed by atoms with E-state index < -0.39 is 30.8 Å². The molecule has 13 heteroatoms. The van der Waals surface area contributed by atoms with E-state index in [1.807, 2.05) is 0 Å². The van der Waals surface area contributed by atoms with Gasteiger partial charge in [-0.25, -0.2) is 9.37 Å². The molecule has 1 aliphatic rings. The van der Waals surface area contributed by atoms with Gasteiger partial charge in [-0.05, 0) is 19.4 Å². The van der Waals surface area contributed by atoms with Gasteiger partial charge in [-0.2, -0.15) is 18.3 Å². The van der Waals surface area contributed by atoms with Crippen LogP contribution in [0.4, 0.5) is 17.6 Å². The Morgan fingerprint density at radius 1 is 1.36 bits per heavy atom. The lowest BCUT2D eigenvalue weighted by atomic mass is 10.1. The molecule has 1 aliphatic heterocycles. The molecule has 1 saturated heterocycles. The number of rotatable bonds is 5. The van der Waals surface area contributed by atoms with Crippen molar-refractivity contribution in [3.63, 3.8) is 0 Å². The van der Waals surface area contributed by atoms with E-state index in [0.717, 1.165) is 6.20 Å². The van der Waals surface area contributed by atoms with Gasteiger partial charge in [-0.1, -0.05) is 0 Å². The van der Waals surface area contributed by atoms with Crippen molar-refractivity contribution in [2.24, 2.45) is 0 Å². The average Bonchev–Trinajstić information content (AvgIpc) is 3.29. The first-order valence-electron chi connectivity index (χ1n) is 9.99. The number of nitrogens with one attached hydrogen (secondary N) is 1. The fourth-order valence-electron chi connectivity index (χ4n) is 3.65. The number of alkyl halides is 3. The molecule has 2 unspecified atom stereocenters. The van der Waals surface area contributed by atoms with Crippen LogP contribution in [0.25, 0.3) is 28.5 Å². The second-order valence-corrected chi connectivity index (χ2v) is 7.55. The standard InChI is InChI=1S/C20H20F4N6O3/c1-11-25-8-16(29(11)4-3-21)18-12-7-26-13(6-15(12)30(28-18)10-20(22,23)24)19(32)27-14-9-33-5-2-17(14)31/h3-4,6-8,14,17,31H,2,5,9-10H2,1H3,(H,27,32)/b4-3+. The molecule has 4 rings (SSSR count). The van der Waals surface area contributed by atoms with Crippen LogP contribution >= 0.6 is 0 Å². The van der Waals surface area contributed by atoms with Gasteiger partial charge in [-0.3, -0.25) is 19.0 Å². The van der Waals surface area contributed by atoms with Crippen LogP contribution in [0.5, 0.6) is 0 Å². The Labute approximate surface area is 184 Å². The van der Waals surface area contributed by atoms with E-state index >= 15 is 0 Å². The number of hydrogen-bond donors (Lipinski definition) is 2. The number of imidazole rings is 1. The Morgan fingerprint density at radius 3 is 2.85 bits per heavy atom. The van der Waals surface area contributed by atoms with Crippen LogP contribution in [0, 0.1) is 6.92 Å². The summed E-state index contributed by atoms with van der Waals surface area (Å²) in [7, 11) is 0. The van der Waals surface area contributed by atoms with Crippen molar-refractivity contribution in [3.8, 4) is 11.4 Å². The summed E-state index contributed by atoms with van der Waals surface area (Å²) >= 11 is 0. The maximum absolute atomic E-state index is 13.2. The maximum atomic E-state index is 13.2. The first kappa shape index (κ1) is 22.9. The van der Waals surface area contributed by atoms with Crippen molar-refractivity contribution in [2.75, 3.05) is 13.2 Å². The van der Waals surface area contributed by atoms with Crippen LogP contribution in [0.1, 0.15) is 22.7 Å². The molecule has 1 amide bonds. The number of carbonyl (C=O) groups is 1. The van der Waals surface area contributed by atoms with Crippen LogP contribution in [-0.4, -0.2) is 66.9 Å². The predicted octanol–water partition coefficient (Wildman–Crippen LogP) is 2.44. The molecular weight excluding hydrogens is 448 g/mol. The zero-order chi connectivity index (χ0) is 23.8. The Hall–Kier alpha value is -3.32. The molecule has 9 nitrogen and oxygen atoms in total. The SMILES string of the molecule is Cc1ncc(-c2nn(CC(F)(F)F)c3cc(C(=O)NC4COCCC4O)ncc23)n1/C=C/F. The number of nitrogens with zero attached hydrogens (tertiary/aromatic N) is 5. The Balaban J connectivity index is 1.77. The van der Waals surface area contributed by atoms with Crippen LogP contribution in [0.15, 0.2) is 24.8 Å². The van der Waals surface area contributed by atoms with Crippen molar-refractivity contribution < 1.29 is 32.2 Å². The van der Waals surface area contributed by atoms with Crippen molar-refractivity contribution in [2.45, 2.75) is 38.2 Å². The first-order valence-corrected chi connectivity index (χ1v) is 9.99. The normalized spacial score (nSPS) is 19.5. The summed E-state index contributed by atoms with van der Waals surface area (Å²) in [5.74, 6) is -0.274. The molecule has 3 aromatic rings. The molecule has 33 heavy (non-hydrogen) atoms. The van der Waals surface area contributed by atoms with E-state index in [1.165, 1.54) is 23.0 Å². The zero-order valence-corrected chi connectivity index (χ0v) is 17.4. The van der Waals surface area contributed by atoms with E-state index in [-0.39, 0.29) is 40.9 Å². The number of aromatic nitrogens is 5. The van der Waals surface area contributed by atoms with Crippen molar-refractivity contribution in [1.29, 1.82) is 0 Å². The number of fused-ring (bicyclic) bond motifs is 1. The largest absolute Gasteiger partial charge is 0.408 e. The fourth-order valence-corrected chi connectivity index (χ4v) is 3.65. The van der Waals surface area contributed by atoms with Gasteiger partial charge in [0.25, 0.3) is 5.91 Å². The smallest absolute Gasteiger partial charge is 0.391 e. The molecule has 0 spiro atoms. The van der Waals surface area contributed by atoms with Gasteiger partial charge in [0, 0.05) is 24.4 Å². The number of carbonyl (C=O) groups excluding carboxylic acids is 1. The summed E-state index contributed by atoms with van der Waals surface area (Å²) in [5.41, 5.74) is 0.221. The minimum Gasteiger partial charge on any atom is -0.391 e. The number of aliphatic hydroxyl groups excluding tert-OH is 1. The van der Waals surface area contributed by atoms with Gasteiger partial charge in [0.1, 0.15) is 30.1 Å². The minimum atomic E-state index is -4.58. The second kappa shape index (κ2) is 8.90. The summed E-state index contributed by atoms with van der Waals surface area (Å²) in [6.45, 7) is 0.667. The van der Waals surface area contributed by atoms with Gasteiger partial charge in [0.15, 0.2) is 0 Å². The van der Waals surface area contributed by atoms with E-state index in [0.29, 0.717) is 23.5 Å². The third-order valence-corrected chi connectivity index (χ3v) is 5.26. The average molecular weight is 468 g/mol. The van der Waals surface area contributed by atoms with Gasteiger partial charge in [-0.15, -0.1) is 0 Å². The molecule has 2 atom stereocenters. The topological polar surface area (TPSA) is 107 Å². The Morgan fingerprint density at radius 2 is 2.15 bits per heavy atom. The highest BCUT2D eigenvalue weighted by Gasteiger charge is 2.31. The van der Waals surface area contributed by atoms with Crippen molar-refractivity contribution in [3.05, 3.63) is 36.3 Å². The molecule has 176 valence electrons. The molecule has 4 heterocycles. The summed E-state index contributed by atoms with van der Waals surface area (Å²) in [6, 6.07) is 0.533. The molecule has 0 radical (unpaired) electrons. The van der Waals surface area contributed by atoms with Gasteiger partial charge < -0.3 is 15.2 Å². The number of pyridine rings is 1. The lowest BCUT2D eigenvalue weighted by Gasteiger charge is -2.28. The van der Waals surface area contributed by atoms with Gasteiger partial charge in [0.05, 0.1) is 36.2 Å². The number of aryl methyl sites for hydroxylation is 1. The molecule has 0 bridgehead atoms. The lowest BCUT2D eigenvalue weighted by Crippen LogP contribution is -2.49. The quantitative estimate of drug-likeness (QED) is 0.557. The molecule has 0 saturated carbocycles. The minimum absolute atomic E-state index is 0.0116. The summed E-state index contributed by atoms with van der Waals surface area (Å²) in [6.07, 6.45) is -1.10. The Kier molecular flexibility index (Phi) is 6.17. The van der Waals surface area contributed by atoms with Crippen LogP contribution in [0.3, 0.4) is 0 Å². The summed E-state index contributed by atoms with van der Waals surface area (Å²) in [5, 5.41) is 16.9. The van der Waals surface area contributed by atoms with Crippen molar-refractivity contribution in [1.82, 2.24) is 29.6 Å². The number of halogens is 4. The second-order valence-electron chi connectivity index (χ2n) is 7.55. The number of amides is 1. The van der Waals surface area contributed by atoms with E-state index in [1.54, 1.807) is 6.92 Å². The third kappa shape index (κ3) is 4.73. The van der Waals surface area contributed by atoms with E-state index in [9.17, 15) is 27.5 Å². The van der Waals surface area contributed by atoms with E-state index in [4.69, 9.17) is 4.74 Å². The lowest BCUT2D eigenvalue weighted by molar-refractivity contribution is -0.141. The third-order valence-electron chi connectivity index (χ3n) is 5.26. The summed E-state index contributed by atoms with van der Waals surface area (Å²) < 4.78 is 59.8. The molecule has 2 N–H and O–H groups in total. The molecule has 0 aliphatic carbocycles. The van der Waals surface area contributed by atoms with E-state index in [2.05, 4.69) is 20.4 Å². The highest BCUT2D eigenvalue weighted by atomic mass is 19.4. The number of ether oxygens (including phenoxy) is 1. The monoisotopic (exact) mass is 468 g/mol. The number of aliphatic hydroxyl groups is 1. The first-order chi connectivity index (χ1) is 15.7. The van der Waals surface area contributed by atoms with Crippen LogP contribution < -0.4 is 5.32 Å². The van der Waals surface area contributed by atoms with Gasteiger partial charge in [0.2, 0.25) is 0 Å². The van der Waals surface area contributed by atoms with Gasteiger partial charge >= 0.3 is 6.18 Å². The molecule has 1 fully saturated rings. The molecule has 3 aromatic heterocycles. The number of hydrogen-bond acceptors (Lipinski definition) is 6. The van der Waals surface area contributed by atoms with Crippen molar-refractivity contribution >= 4 is 23.0 Å². The van der Waals surface area contributed by atoms with Crippen LogP contribution in [-0.2, 0) is 11.3 Å². The Bertz CT molecular complexity index is 1200. The zero-order valence-electron chi connectivity index (χ0n) is 17.4.